The van der Waals surface area contributed by atoms with Gasteiger partial charge in [0.15, 0.2) is 0 Å². The van der Waals surface area contributed by atoms with Gasteiger partial charge in [0.25, 0.3) is 0 Å². The molecule has 2 atom stereocenters. The van der Waals surface area contributed by atoms with E-state index in [9.17, 15) is 0 Å². The quantitative estimate of drug-likeness (QED) is 0.130. The van der Waals surface area contributed by atoms with Crippen molar-refractivity contribution in [3.8, 4) is 11.5 Å². The van der Waals surface area contributed by atoms with Gasteiger partial charge in [0.05, 0.1) is 6.61 Å². The van der Waals surface area contributed by atoms with Crippen LogP contribution in [-0.2, 0) is 19.4 Å². The molecule has 47 heavy (non-hydrogen) atoms. The number of rotatable bonds is 12. The number of nitrogens with one attached hydrogen (secondary N) is 1. The molecule has 0 amide bonds. The highest BCUT2D eigenvalue weighted by Crippen LogP contribution is 2.47. The molecule has 4 heteroatoms. The van der Waals surface area contributed by atoms with E-state index >= 15 is 0 Å². The fourth-order valence-corrected chi connectivity index (χ4v) is 7.51. The standard InChI is InChI=1S/C43H42BrNO2/c1-30-25-42-40(27-41(30)44)35(28-45-42)15-9-4-10-24-46-36-19-16-33(17-20-36)43-38(32-13-7-3-8-14-32)22-18-34-26-37(21-23-39(34)43)47-29-31-11-5-2-6-12-31/h2-3,5-8,11-14,16-17,19-21,23,25-28,38,43,45H,4,9-10,15,18,22,24,29H2,1H3. The van der Waals surface area contributed by atoms with E-state index in [2.05, 4.69) is 143 Å². The van der Waals surface area contributed by atoms with Gasteiger partial charge in [0, 0.05) is 27.5 Å². The maximum absolute atomic E-state index is 6.22. The second-order valence-corrected chi connectivity index (χ2v) is 13.7. The molecule has 0 saturated heterocycles. The molecule has 238 valence electrons. The van der Waals surface area contributed by atoms with Crippen molar-refractivity contribution in [2.24, 2.45) is 0 Å². The monoisotopic (exact) mass is 683 g/mol. The smallest absolute Gasteiger partial charge is 0.120 e. The number of H-pyrrole nitrogens is 1. The number of hydrogen-bond donors (Lipinski definition) is 1. The zero-order chi connectivity index (χ0) is 32.0. The number of ether oxygens (including phenoxy) is 2. The minimum atomic E-state index is 0.285. The Bertz CT molecular complexity index is 1910. The Kier molecular flexibility index (Phi) is 9.76. The summed E-state index contributed by atoms with van der Waals surface area (Å²) in [5, 5.41) is 1.32. The van der Waals surface area contributed by atoms with Crippen molar-refractivity contribution in [3.63, 3.8) is 0 Å². The molecular weight excluding hydrogens is 642 g/mol. The normalized spacial score (nSPS) is 15.8. The molecule has 7 rings (SSSR count). The largest absolute Gasteiger partial charge is 0.494 e. The van der Waals surface area contributed by atoms with E-state index in [0.717, 1.165) is 56.6 Å². The van der Waals surface area contributed by atoms with Gasteiger partial charge in [-0.3, -0.25) is 0 Å². The molecule has 1 aliphatic carbocycles. The van der Waals surface area contributed by atoms with Crippen molar-refractivity contribution in [1.82, 2.24) is 4.98 Å². The number of halogens is 1. The highest BCUT2D eigenvalue weighted by atomic mass is 79.9. The Balaban J connectivity index is 0.985. The van der Waals surface area contributed by atoms with Crippen LogP contribution < -0.4 is 9.47 Å². The van der Waals surface area contributed by atoms with E-state index in [1.165, 1.54) is 54.3 Å². The van der Waals surface area contributed by atoms with Crippen LogP contribution in [0.25, 0.3) is 10.9 Å². The van der Waals surface area contributed by atoms with Crippen molar-refractivity contribution >= 4 is 26.8 Å². The van der Waals surface area contributed by atoms with Crippen LogP contribution in [0.15, 0.2) is 126 Å². The van der Waals surface area contributed by atoms with Gasteiger partial charge in [0.2, 0.25) is 0 Å². The average molecular weight is 685 g/mol. The van der Waals surface area contributed by atoms with Gasteiger partial charge in [-0.1, -0.05) is 94.8 Å². The van der Waals surface area contributed by atoms with Crippen LogP contribution in [0.5, 0.6) is 11.5 Å². The first-order chi connectivity index (χ1) is 23.1. The summed E-state index contributed by atoms with van der Waals surface area (Å²) in [6, 6.07) is 41.5. The van der Waals surface area contributed by atoms with E-state index in [0.29, 0.717) is 12.5 Å². The highest BCUT2D eigenvalue weighted by Gasteiger charge is 2.32. The molecule has 2 unspecified atom stereocenters. The van der Waals surface area contributed by atoms with Crippen LogP contribution in [0.1, 0.15) is 76.5 Å². The number of hydrogen-bond acceptors (Lipinski definition) is 2. The maximum Gasteiger partial charge on any atom is 0.120 e. The maximum atomic E-state index is 6.22. The molecule has 1 aromatic heterocycles. The lowest BCUT2D eigenvalue weighted by Gasteiger charge is -2.35. The fourth-order valence-electron chi connectivity index (χ4n) is 7.17. The summed E-state index contributed by atoms with van der Waals surface area (Å²) in [7, 11) is 0. The summed E-state index contributed by atoms with van der Waals surface area (Å²) >= 11 is 3.69. The van der Waals surface area contributed by atoms with Crippen LogP contribution in [0.2, 0.25) is 0 Å². The lowest BCUT2D eigenvalue weighted by molar-refractivity contribution is 0.305. The van der Waals surface area contributed by atoms with Crippen molar-refractivity contribution in [3.05, 3.63) is 165 Å². The molecule has 0 fully saturated rings. The van der Waals surface area contributed by atoms with Gasteiger partial charge >= 0.3 is 0 Å². The average Bonchev–Trinajstić information content (AvgIpc) is 3.50. The van der Waals surface area contributed by atoms with Gasteiger partial charge in [-0.2, -0.15) is 0 Å². The van der Waals surface area contributed by atoms with Crippen LogP contribution >= 0.6 is 15.9 Å². The Hall–Kier alpha value is -4.28. The molecule has 5 aromatic carbocycles. The lowest BCUT2D eigenvalue weighted by atomic mass is 9.69. The summed E-state index contributed by atoms with van der Waals surface area (Å²) in [5.74, 6) is 2.60. The van der Waals surface area contributed by atoms with Crippen LogP contribution in [0, 0.1) is 6.92 Å². The third-order valence-electron chi connectivity index (χ3n) is 9.70. The van der Waals surface area contributed by atoms with Crippen LogP contribution in [-0.4, -0.2) is 11.6 Å². The molecule has 1 heterocycles. The Morgan fingerprint density at radius 1 is 0.745 bits per heavy atom. The second kappa shape index (κ2) is 14.6. The summed E-state index contributed by atoms with van der Waals surface area (Å²) in [6.45, 7) is 3.45. The Morgan fingerprint density at radius 2 is 1.51 bits per heavy atom. The summed E-state index contributed by atoms with van der Waals surface area (Å²) in [4.78, 5) is 3.44. The predicted molar refractivity (Wildman–Crippen MR) is 197 cm³/mol. The number of aryl methyl sites for hydroxylation is 3. The zero-order valence-electron chi connectivity index (χ0n) is 27.1. The summed E-state index contributed by atoms with van der Waals surface area (Å²) < 4.78 is 13.6. The molecule has 0 bridgehead atoms. The SMILES string of the molecule is Cc1cc2[nH]cc(CCCCCOc3ccc(C4c5ccc(OCc6ccccc6)cc5CCC4c4ccccc4)cc3)c2cc1Br. The molecule has 0 spiro atoms. The van der Waals surface area contributed by atoms with E-state index in [1.54, 1.807) is 0 Å². The van der Waals surface area contributed by atoms with E-state index < -0.39 is 0 Å². The summed E-state index contributed by atoms with van der Waals surface area (Å²) in [6.07, 6.45) is 8.75. The van der Waals surface area contributed by atoms with Gasteiger partial charge < -0.3 is 14.5 Å². The van der Waals surface area contributed by atoms with E-state index in [-0.39, 0.29) is 5.92 Å². The van der Waals surface area contributed by atoms with E-state index in [1.807, 2.05) is 6.07 Å². The number of aromatic nitrogens is 1. The van der Waals surface area contributed by atoms with Gasteiger partial charge in [-0.15, -0.1) is 0 Å². The summed E-state index contributed by atoms with van der Waals surface area (Å²) in [5.41, 5.74) is 10.6. The molecule has 1 N–H and O–H groups in total. The molecule has 3 nitrogen and oxygen atoms in total. The predicted octanol–water partition coefficient (Wildman–Crippen LogP) is 11.5. The van der Waals surface area contributed by atoms with Crippen molar-refractivity contribution < 1.29 is 9.47 Å². The number of unbranched alkanes of at least 4 members (excludes halogenated alkanes) is 2. The fraction of sp³-hybridized carbons (Fsp3) is 0.256. The van der Waals surface area contributed by atoms with Gasteiger partial charge in [-0.05, 0) is 127 Å². The van der Waals surface area contributed by atoms with Gasteiger partial charge in [0.1, 0.15) is 18.1 Å². The first kappa shape index (κ1) is 31.3. The molecule has 0 aliphatic heterocycles. The Morgan fingerprint density at radius 3 is 2.32 bits per heavy atom. The zero-order valence-corrected chi connectivity index (χ0v) is 28.6. The van der Waals surface area contributed by atoms with Crippen molar-refractivity contribution in [2.75, 3.05) is 6.61 Å². The molecule has 0 saturated carbocycles. The van der Waals surface area contributed by atoms with Crippen molar-refractivity contribution in [2.45, 2.75) is 63.9 Å². The van der Waals surface area contributed by atoms with Crippen LogP contribution in [0.3, 0.4) is 0 Å². The molecule has 0 radical (unpaired) electrons. The minimum absolute atomic E-state index is 0.285. The number of aromatic amines is 1. The molecule has 1 aliphatic rings. The number of fused-ring (bicyclic) bond motifs is 2. The van der Waals surface area contributed by atoms with Crippen molar-refractivity contribution in [1.29, 1.82) is 0 Å². The minimum Gasteiger partial charge on any atom is -0.494 e. The van der Waals surface area contributed by atoms with Gasteiger partial charge in [-0.25, -0.2) is 0 Å². The van der Waals surface area contributed by atoms with E-state index in [4.69, 9.17) is 9.47 Å². The molecule has 6 aromatic rings. The third kappa shape index (κ3) is 7.34. The first-order valence-corrected chi connectivity index (χ1v) is 17.7. The van der Waals surface area contributed by atoms with Crippen LogP contribution in [0.4, 0.5) is 0 Å². The topological polar surface area (TPSA) is 34.2 Å². The second-order valence-electron chi connectivity index (χ2n) is 12.9. The number of benzene rings is 5. The Labute approximate surface area is 287 Å². The lowest BCUT2D eigenvalue weighted by Crippen LogP contribution is -2.20. The highest BCUT2D eigenvalue weighted by molar-refractivity contribution is 9.10. The third-order valence-corrected chi connectivity index (χ3v) is 10.6. The molecular formula is C43H42BrNO2. The first-order valence-electron chi connectivity index (χ1n) is 17.0.